The van der Waals surface area contributed by atoms with Crippen molar-refractivity contribution in [2.45, 2.75) is 27.3 Å². The number of aliphatic hydroxyl groups is 1. The van der Waals surface area contributed by atoms with Gasteiger partial charge in [0.2, 0.25) is 0 Å². The molecular formula is C11H19N3O2S. The van der Waals surface area contributed by atoms with Crippen molar-refractivity contribution >= 4 is 17.4 Å². The van der Waals surface area contributed by atoms with E-state index in [1.54, 1.807) is 16.2 Å². The lowest BCUT2D eigenvalue weighted by Crippen LogP contribution is -2.41. The fourth-order valence-corrected chi connectivity index (χ4v) is 2.37. The molecule has 17 heavy (non-hydrogen) atoms. The maximum Gasteiger partial charge on any atom is 0.317 e. The first-order valence-electron chi connectivity index (χ1n) is 5.65. The van der Waals surface area contributed by atoms with Gasteiger partial charge >= 0.3 is 6.03 Å². The molecule has 0 bridgehead atoms. The maximum absolute atomic E-state index is 11.7. The first kappa shape index (κ1) is 13.9. The Morgan fingerprint density at radius 2 is 2.24 bits per heavy atom. The summed E-state index contributed by atoms with van der Waals surface area (Å²) >= 11 is 1.63. The van der Waals surface area contributed by atoms with Crippen LogP contribution in [-0.2, 0) is 6.54 Å². The normalized spacial score (nSPS) is 10.4. The number of aromatic nitrogens is 1. The Morgan fingerprint density at radius 3 is 2.71 bits per heavy atom. The average molecular weight is 257 g/mol. The maximum atomic E-state index is 11.7. The molecule has 1 aromatic heterocycles. The molecule has 1 aromatic rings. The van der Waals surface area contributed by atoms with Gasteiger partial charge in [-0.1, -0.05) is 0 Å². The molecule has 0 aliphatic rings. The minimum absolute atomic E-state index is 0.0178. The Labute approximate surface area is 105 Å². The summed E-state index contributed by atoms with van der Waals surface area (Å²) in [5.41, 5.74) is 0.918. The molecule has 6 heteroatoms. The molecule has 1 heterocycles. The van der Waals surface area contributed by atoms with Gasteiger partial charge in [0, 0.05) is 18.0 Å². The Bertz CT molecular complexity index is 379. The Kier molecular flexibility index (Phi) is 5.37. The second-order valence-electron chi connectivity index (χ2n) is 3.70. The number of carbonyl (C=O) groups excluding carboxylic acids is 1. The van der Waals surface area contributed by atoms with E-state index < -0.39 is 0 Å². The van der Waals surface area contributed by atoms with E-state index in [4.69, 9.17) is 5.11 Å². The first-order chi connectivity index (χ1) is 8.08. The van der Waals surface area contributed by atoms with Gasteiger partial charge in [-0.25, -0.2) is 9.78 Å². The van der Waals surface area contributed by atoms with E-state index >= 15 is 0 Å². The molecule has 0 fully saturated rings. The van der Waals surface area contributed by atoms with Gasteiger partial charge in [-0.05, 0) is 20.8 Å². The van der Waals surface area contributed by atoms with Gasteiger partial charge in [-0.3, -0.25) is 0 Å². The zero-order valence-corrected chi connectivity index (χ0v) is 11.3. The van der Waals surface area contributed by atoms with Crippen molar-refractivity contribution in [3.8, 4) is 0 Å². The molecule has 0 aliphatic carbocycles. The molecule has 0 spiro atoms. The number of amides is 2. The zero-order chi connectivity index (χ0) is 12.8. The summed E-state index contributed by atoms with van der Waals surface area (Å²) in [4.78, 5) is 18.8. The third-order valence-electron chi connectivity index (χ3n) is 2.45. The quantitative estimate of drug-likeness (QED) is 0.835. The molecule has 96 valence electrons. The van der Waals surface area contributed by atoms with Crippen molar-refractivity contribution in [1.82, 2.24) is 15.2 Å². The molecule has 1 rings (SSSR count). The summed E-state index contributed by atoms with van der Waals surface area (Å²) in [5, 5.41) is 12.6. The van der Waals surface area contributed by atoms with Gasteiger partial charge in [-0.15, -0.1) is 11.3 Å². The van der Waals surface area contributed by atoms with E-state index in [1.165, 1.54) is 0 Å². The van der Waals surface area contributed by atoms with Crippen LogP contribution in [0.25, 0.3) is 0 Å². The van der Waals surface area contributed by atoms with Crippen molar-refractivity contribution < 1.29 is 9.90 Å². The fraction of sp³-hybridized carbons (Fsp3) is 0.636. The van der Waals surface area contributed by atoms with Crippen molar-refractivity contribution in [1.29, 1.82) is 0 Å². The molecule has 2 N–H and O–H groups in total. The van der Waals surface area contributed by atoms with Crippen LogP contribution in [0.1, 0.15) is 22.5 Å². The predicted molar refractivity (Wildman–Crippen MR) is 68.2 cm³/mol. The molecule has 0 atom stereocenters. The summed E-state index contributed by atoms with van der Waals surface area (Å²) in [6.07, 6.45) is 0. The molecule has 2 amide bonds. The van der Waals surface area contributed by atoms with Gasteiger partial charge in [-0.2, -0.15) is 0 Å². The van der Waals surface area contributed by atoms with Gasteiger partial charge in [0.05, 0.1) is 23.9 Å². The number of rotatable bonds is 5. The third kappa shape index (κ3) is 3.98. The van der Waals surface area contributed by atoms with E-state index in [0.29, 0.717) is 19.6 Å². The predicted octanol–water partition coefficient (Wildman–Crippen LogP) is 1.28. The number of aliphatic hydroxyl groups excluding tert-OH is 1. The van der Waals surface area contributed by atoms with Crippen LogP contribution in [0.5, 0.6) is 0 Å². The number of hydrogen-bond acceptors (Lipinski definition) is 4. The van der Waals surface area contributed by atoms with Crippen molar-refractivity contribution in [2.75, 3.05) is 19.7 Å². The number of carbonyl (C=O) groups is 1. The number of urea groups is 1. The largest absolute Gasteiger partial charge is 0.395 e. The highest BCUT2D eigenvalue weighted by Gasteiger charge is 2.11. The van der Waals surface area contributed by atoms with Crippen LogP contribution in [0.15, 0.2) is 0 Å². The fourth-order valence-electron chi connectivity index (χ4n) is 1.53. The summed E-state index contributed by atoms with van der Waals surface area (Å²) in [6.45, 7) is 7.20. The highest BCUT2D eigenvalue weighted by Crippen LogP contribution is 2.15. The van der Waals surface area contributed by atoms with E-state index in [2.05, 4.69) is 10.3 Å². The van der Waals surface area contributed by atoms with Crippen LogP contribution >= 0.6 is 11.3 Å². The number of likely N-dealkylation sites (N-methyl/N-ethyl adjacent to an activating group) is 1. The second-order valence-corrected chi connectivity index (χ2v) is 5.11. The summed E-state index contributed by atoms with van der Waals surface area (Å²) in [6, 6.07) is -0.161. The van der Waals surface area contributed by atoms with Crippen LogP contribution in [0.3, 0.4) is 0 Å². The lowest BCUT2D eigenvalue weighted by atomic mass is 10.4. The Morgan fingerprint density at radius 1 is 1.53 bits per heavy atom. The average Bonchev–Trinajstić information content (AvgIpc) is 2.61. The SMILES string of the molecule is CCN(CCO)C(=O)NCc1nc(C)sc1C. The Balaban J connectivity index is 2.49. The summed E-state index contributed by atoms with van der Waals surface area (Å²) < 4.78 is 0. The number of aryl methyl sites for hydroxylation is 2. The van der Waals surface area contributed by atoms with Crippen LogP contribution in [-0.4, -0.2) is 40.7 Å². The zero-order valence-electron chi connectivity index (χ0n) is 10.5. The molecule has 0 saturated carbocycles. The van der Waals surface area contributed by atoms with E-state index in [-0.39, 0.29) is 12.6 Å². The van der Waals surface area contributed by atoms with E-state index in [0.717, 1.165) is 15.6 Å². The van der Waals surface area contributed by atoms with Crippen LogP contribution in [0, 0.1) is 13.8 Å². The lowest BCUT2D eigenvalue weighted by Gasteiger charge is -2.19. The van der Waals surface area contributed by atoms with E-state index in [9.17, 15) is 4.79 Å². The highest BCUT2D eigenvalue weighted by atomic mass is 32.1. The molecule has 0 saturated heterocycles. The van der Waals surface area contributed by atoms with Crippen molar-refractivity contribution in [3.05, 3.63) is 15.6 Å². The van der Waals surface area contributed by atoms with Crippen LogP contribution < -0.4 is 5.32 Å². The second kappa shape index (κ2) is 6.56. The summed E-state index contributed by atoms with van der Waals surface area (Å²) in [7, 11) is 0. The minimum Gasteiger partial charge on any atom is -0.395 e. The molecule has 0 aromatic carbocycles. The molecule has 0 aliphatic heterocycles. The van der Waals surface area contributed by atoms with Gasteiger partial charge in [0.1, 0.15) is 0 Å². The van der Waals surface area contributed by atoms with Crippen LogP contribution in [0.4, 0.5) is 4.79 Å². The van der Waals surface area contributed by atoms with Crippen molar-refractivity contribution in [2.24, 2.45) is 0 Å². The summed E-state index contributed by atoms with van der Waals surface area (Å²) in [5.74, 6) is 0. The van der Waals surface area contributed by atoms with Crippen LogP contribution in [0.2, 0.25) is 0 Å². The lowest BCUT2D eigenvalue weighted by molar-refractivity contribution is 0.180. The third-order valence-corrected chi connectivity index (χ3v) is 3.37. The van der Waals surface area contributed by atoms with E-state index in [1.807, 2.05) is 20.8 Å². The minimum atomic E-state index is -0.161. The van der Waals surface area contributed by atoms with Gasteiger partial charge < -0.3 is 15.3 Å². The highest BCUT2D eigenvalue weighted by molar-refractivity contribution is 7.11. The molecule has 0 radical (unpaired) electrons. The monoisotopic (exact) mass is 257 g/mol. The topological polar surface area (TPSA) is 65.5 Å². The first-order valence-corrected chi connectivity index (χ1v) is 6.46. The Hall–Kier alpha value is -1.14. The number of nitrogens with one attached hydrogen (secondary N) is 1. The molecule has 5 nitrogen and oxygen atoms in total. The number of nitrogens with zero attached hydrogens (tertiary/aromatic N) is 2. The smallest absolute Gasteiger partial charge is 0.317 e. The number of hydrogen-bond donors (Lipinski definition) is 2. The molecular weight excluding hydrogens is 238 g/mol. The molecule has 0 unspecified atom stereocenters. The van der Waals surface area contributed by atoms with Crippen molar-refractivity contribution in [3.63, 3.8) is 0 Å². The van der Waals surface area contributed by atoms with Gasteiger partial charge in [0.15, 0.2) is 0 Å². The van der Waals surface area contributed by atoms with Gasteiger partial charge in [0.25, 0.3) is 0 Å². The number of thiazole rings is 1. The standard InChI is InChI=1S/C11H19N3O2S/c1-4-14(5-6-15)11(16)12-7-10-8(2)17-9(3)13-10/h15H,4-7H2,1-3H3,(H,12,16).